The van der Waals surface area contributed by atoms with E-state index in [0.717, 1.165) is 24.3 Å². The first kappa shape index (κ1) is 35.5. The maximum absolute atomic E-state index is 13.0. The topological polar surface area (TPSA) is 148 Å². The first-order valence-electron chi connectivity index (χ1n) is 12.9. The molecule has 0 fully saturated rings. The lowest BCUT2D eigenvalue weighted by Gasteiger charge is -2.28. The number of nitrogens with one attached hydrogen (secondary N) is 3. The Morgan fingerprint density at radius 2 is 0.875 bits per heavy atom. The van der Waals surface area contributed by atoms with E-state index < -0.39 is 5.91 Å². The minimum absolute atomic E-state index is 0.00298. The van der Waals surface area contributed by atoms with E-state index in [2.05, 4.69) is 48.8 Å². The van der Waals surface area contributed by atoms with Gasteiger partial charge in [-0.1, -0.05) is 32.9 Å². The van der Waals surface area contributed by atoms with Gasteiger partial charge in [0.25, 0.3) is 0 Å². The van der Waals surface area contributed by atoms with Gasteiger partial charge in [-0.15, -0.1) is 0 Å². The molecule has 12 heteroatoms. The second-order valence-electron chi connectivity index (χ2n) is 8.38. The Kier molecular flexibility index (Phi) is 19.1. The molecule has 0 atom stereocenters. The molecule has 0 heterocycles. The Balaban J connectivity index is 5.17. The lowest BCUT2D eigenvalue weighted by molar-refractivity contribution is -0.134. The molecular weight excluding hydrogens is 516 g/mol. The average molecular weight is 559 g/mol. The summed E-state index contributed by atoms with van der Waals surface area (Å²) in [7, 11) is 0. The third kappa shape index (κ3) is 15.7. The molecule has 0 aliphatic heterocycles. The maximum Gasteiger partial charge on any atom is 0.246 e. The molecule has 0 spiro atoms. The molecule has 0 saturated heterocycles. The van der Waals surface area contributed by atoms with E-state index in [9.17, 15) is 28.8 Å². The van der Waals surface area contributed by atoms with E-state index in [1.807, 2.05) is 0 Å². The zero-order valence-corrected chi connectivity index (χ0v) is 23.2. The summed E-state index contributed by atoms with van der Waals surface area (Å²) >= 11 is 0. The molecule has 0 saturated carbocycles. The van der Waals surface area contributed by atoms with Gasteiger partial charge >= 0.3 is 0 Å². The quantitative estimate of drug-likeness (QED) is 0.125. The highest BCUT2D eigenvalue weighted by atomic mass is 16.2. The van der Waals surface area contributed by atoms with E-state index in [0.29, 0.717) is 39.0 Å². The molecule has 12 nitrogen and oxygen atoms in total. The van der Waals surface area contributed by atoms with Crippen LogP contribution in [-0.2, 0) is 28.8 Å². The summed E-state index contributed by atoms with van der Waals surface area (Å²) in [5.41, 5.74) is 0. The van der Waals surface area contributed by atoms with Crippen LogP contribution in [0.1, 0.15) is 19.3 Å². The number of carbonyl (C=O) groups excluding carboxylic acids is 6. The largest absolute Gasteiger partial charge is 0.353 e. The molecular formula is C28H42N6O6. The van der Waals surface area contributed by atoms with E-state index in [4.69, 9.17) is 0 Å². The molecule has 6 amide bonds. The summed E-state index contributed by atoms with van der Waals surface area (Å²) in [6, 6.07) is 0. The SMILES string of the molecule is C=CC(=O)NCCCN(CCN(CCC(=O)N(CCCNC(=O)C=C)CCNC(=O)C=C)C(=O)C=C)C(=O)C=C. The maximum atomic E-state index is 13.0. The summed E-state index contributed by atoms with van der Waals surface area (Å²) in [6.45, 7) is 19.4. The minimum Gasteiger partial charge on any atom is -0.353 e. The lowest BCUT2D eigenvalue weighted by atomic mass is 10.2. The van der Waals surface area contributed by atoms with Gasteiger partial charge in [-0.2, -0.15) is 0 Å². The number of nitrogens with zero attached hydrogens (tertiary/aromatic N) is 3. The van der Waals surface area contributed by atoms with Crippen molar-refractivity contribution in [2.75, 3.05) is 58.9 Å². The Labute approximate surface area is 236 Å². The van der Waals surface area contributed by atoms with Gasteiger partial charge < -0.3 is 30.7 Å². The summed E-state index contributed by atoms with van der Waals surface area (Å²) < 4.78 is 0. The highest BCUT2D eigenvalue weighted by Gasteiger charge is 2.19. The van der Waals surface area contributed by atoms with Crippen LogP contribution in [0.25, 0.3) is 0 Å². The number of hydrogen-bond donors (Lipinski definition) is 3. The Morgan fingerprint density at radius 3 is 1.30 bits per heavy atom. The molecule has 40 heavy (non-hydrogen) atoms. The van der Waals surface area contributed by atoms with Crippen molar-refractivity contribution < 1.29 is 28.8 Å². The van der Waals surface area contributed by atoms with Crippen molar-refractivity contribution in [3.05, 3.63) is 63.3 Å². The second kappa shape index (κ2) is 21.5. The first-order valence-corrected chi connectivity index (χ1v) is 12.9. The van der Waals surface area contributed by atoms with Gasteiger partial charge in [0.15, 0.2) is 0 Å². The van der Waals surface area contributed by atoms with Crippen LogP contribution >= 0.6 is 0 Å². The minimum atomic E-state index is -0.394. The van der Waals surface area contributed by atoms with Gasteiger partial charge in [-0.3, -0.25) is 28.8 Å². The molecule has 0 aromatic rings. The zero-order chi connectivity index (χ0) is 30.3. The van der Waals surface area contributed by atoms with Crippen LogP contribution < -0.4 is 16.0 Å². The Hall–Kier alpha value is -4.48. The van der Waals surface area contributed by atoms with Gasteiger partial charge in [0.1, 0.15) is 0 Å². The van der Waals surface area contributed by atoms with E-state index in [1.54, 1.807) is 4.90 Å². The molecule has 0 unspecified atom stereocenters. The van der Waals surface area contributed by atoms with Crippen LogP contribution in [0.4, 0.5) is 0 Å². The standard InChI is InChI=1S/C28H42N6O6/c1-6-23(35)29-14-11-17-32(20-16-31-25(37)8-3)28(40)13-19-34(27(39)10-5)22-21-33(26(38)9-4)18-12-15-30-24(36)7-2/h6-10H,1-5,11-22H2,(H,29,35)(H,30,36)(H,31,37). The van der Waals surface area contributed by atoms with E-state index in [-0.39, 0.29) is 68.7 Å². The Bertz CT molecular complexity index is 948. The normalized spacial score (nSPS) is 9.80. The fraction of sp³-hybridized carbons (Fsp3) is 0.429. The fourth-order valence-corrected chi connectivity index (χ4v) is 3.41. The average Bonchev–Trinajstić information content (AvgIpc) is 2.97. The summed E-state index contributed by atoms with van der Waals surface area (Å²) in [5.74, 6) is -1.97. The van der Waals surface area contributed by atoms with Crippen molar-refractivity contribution >= 4 is 35.4 Å². The van der Waals surface area contributed by atoms with Crippen molar-refractivity contribution in [1.29, 1.82) is 0 Å². The van der Waals surface area contributed by atoms with Crippen LogP contribution in [0.2, 0.25) is 0 Å². The monoisotopic (exact) mass is 558 g/mol. The zero-order valence-electron chi connectivity index (χ0n) is 23.2. The third-order valence-corrected chi connectivity index (χ3v) is 5.61. The summed E-state index contributed by atoms with van der Waals surface area (Å²) in [4.78, 5) is 76.5. The van der Waals surface area contributed by atoms with Gasteiger partial charge in [0.05, 0.1) is 0 Å². The molecule has 0 aromatic carbocycles. The van der Waals surface area contributed by atoms with Gasteiger partial charge in [-0.05, 0) is 43.2 Å². The smallest absolute Gasteiger partial charge is 0.246 e. The highest BCUT2D eigenvalue weighted by molar-refractivity contribution is 5.89. The molecule has 3 N–H and O–H groups in total. The van der Waals surface area contributed by atoms with Gasteiger partial charge in [-0.25, -0.2) is 0 Å². The van der Waals surface area contributed by atoms with Crippen LogP contribution in [0, 0.1) is 0 Å². The van der Waals surface area contributed by atoms with Crippen molar-refractivity contribution in [1.82, 2.24) is 30.7 Å². The van der Waals surface area contributed by atoms with Crippen LogP contribution in [0.3, 0.4) is 0 Å². The van der Waals surface area contributed by atoms with Crippen LogP contribution in [0.5, 0.6) is 0 Å². The number of hydrogen-bond acceptors (Lipinski definition) is 6. The molecule has 0 radical (unpaired) electrons. The highest BCUT2D eigenvalue weighted by Crippen LogP contribution is 2.03. The molecule has 0 bridgehead atoms. The van der Waals surface area contributed by atoms with Gasteiger partial charge in [0.2, 0.25) is 35.4 Å². The predicted molar refractivity (Wildman–Crippen MR) is 154 cm³/mol. The van der Waals surface area contributed by atoms with Crippen LogP contribution in [0.15, 0.2) is 63.3 Å². The third-order valence-electron chi connectivity index (χ3n) is 5.61. The second-order valence-corrected chi connectivity index (χ2v) is 8.38. The fourth-order valence-electron chi connectivity index (χ4n) is 3.41. The van der Waals surface area contributed by atoms with Crippen molar-refractivity contribution in [2.45, 2.75) is 19.3 Å². The van der Waals surface area contributed by atoms with Crippen molar-refractivity contribution in [3.8, 4) is 0 Å². The lowest BCUT2D eigenvalue weighted by Crippen LogP contribution is -2.44. The van der Waals surface area contributed by atoms with E-state index in [1.165, 1.54) is 15.9 Å². The number of carbonyl (C=O) groups is 6. The predicted octanol–water partition coefficient (Wildman–Crippen LogP) is -0.0789. The van der Waals surface area contributed by atoms with Gasteiger partial charge in [0, 0.05) is 65.3 Å². The summed E-state index contributed by atoms with van der Waals surface area (Å²) in [5, 5.41) is 7.90. The van der Waals surface area contributed by atoms with Crippen molar-refractivity contribution in [2.24, 2.45) is 0 Å². The van der Waals surface area contributed by atoms with Crippen LogP contribution in [-0.4, -0.2) is 109 Å². The number of amides is 6. The molecule has 0 aliphatic carbocycles. The molecule has 220 valence electrons. The first-order chi connectivity index (χ1) is 19.1. The number of rotatable bonds is 22. The Morgan fingerprint density at radius 1 is 0.475 bits per heavy atom. The summed E-state index contributed by atoms with van der Waals surface area (Å²) in [6.07, 6.45) is 6.71. The molecule has 0 rings (SSSR count). The molecule has 0 aromatic heterocycles. The van der Waals surface area contributed by atoms with Crippen molar-refractivity contribution in [3.63, 3.8) is 0 Å². The van der Waals surface area contributed by atoms with E-state index >= 15 is 0 Å². The molecule has 0 aliphatic rings.